The second-order valence-corrected chi connectivity index (χ2v) is 15.2. The molecular weight excluding hydrogens is 697 g/mol. The number of benzene rings is 8. The first-order valence-corrected chi connectivity index (χ1v) is 19.4. The lowest BCUT2D eigenvalue weighted by Crippen LogP contribution is -2.25. The zero-order chi connectivity index (χ0) is 38.1. The van der Waals surface area contributed by atoms with E-state index in [1.807, 2.05) is 18.2 Å². The smallest absolute Gasteiger partial charge is 0.238 e. The summed E-state index contributed by atoms with van der Waals surface area (Å²) in [5.41, 5.74) is 10.3. The van der Waals surface area contributed by atoms with Crippen LogP contribution in [0.2, 0.25) is 0 Å². The molecule has 5 nitrogen and oxygen atoms in total. The summed E-state index contributed by atoms with van der Waals surface area (Å²) in [5.74, 6) is 3.39. The summed E-state index contributed by atoms with van der Waals surface area (Å²) in [5, 5.41) is 4.56. The second-order valence-electron chi connectivity index (χ2n) is 15.2. The van der Waals surface area contributed by atoms with Crippen molar-refractivity contribution in [2.24, 2.45) is 0 Å². The highest BCUT2D eigenvalue weighted by Gasteiger charge is 2.39. The highest BCUT2D eigenvalue weighted by molar-refractivity contribution is 6.24. The maximum absolute atomic E-state index is 7.07. The predicted molar refractivity (Wildman–Crippen MR) is 232 cm³/mol. The summed E-state index contributed by atoms with van der Waals surface area (Å²) in [6, 6.07) is 63.5. The normalized spacial score (nSPS) is 13.0. The van der Waals surface area contributed by atoms with Crippen molar-refractivity contribution in [2.45, 2.75) is 19.3 Å². The number of fused-ring (bicyclic) bond motifs is 9. The van der Waals surface area contributed by atoms with E-state index in [-0.39, 0.29) is 5.41 Å². The average Bonchev–Trinajstić information content (AvgIpc) is 3.63. The van der Waals surface area contributed by atoms with E-state index in [2.05, 4.69) is 182 Å². The third kappa shape index (κ3) is 5.27. The highest BCUT2D eigenvalue weighted by Crippen LogP contribution is 2.55. The maximum Gasteiger partial charge on any atom is 0.238 e. The van der Waals surface area contributed by atoms with E-state index in [1.165, 1.54) is 10.8 Å². The number of para-hydroxylation sites is 2. The number of hydrogen-bond acceptors (Lipinski definition) is 4. The molecule has 1 aliphatic heterocycles. The average molecular weight is 733 g/mol. The van der Waals surface area contributed by atoms with E-state index in [4.69, 9.17) is 19.7 Å². The number of aromatic nitrogens is 4. The van der Waals surface area contributed by atoms with Crippen molar-refractivity contribution >= 4 is 32.6 Å². The van der Waals surface area contributed by atoms with Crippen LogP contribution in [0, 0.1) is 0 Å². The predicted octanol–water partition coefficient (Wildman–Crippen LogP) is 13.2. The van der Waals surface area contributed by atoms with Gasteiger partial charge in [0.05, 0.1) is 5.52 Å². The Hall–Kier alpha value is -7.37. The van der Waals surface area contributed by atoms with Crippen LogP contribution < -0.4 is 4.74 Å². The van der Waals surface area contributed by atoms with E-state index in [0.29, 0.717) is 17.6 Å². The molecule has 0 unspecified atom stereocenters. The Kier molecular flexibility index (Phi) is 7.45. The van der Waals surface area contributed by atoms with Crippen molar-refractivity contribution in [1.82, 2.24) is 19.5 Å². The van der Waals surface area contributed by atoms with E-state index in [1.54, 1.807) is 0 Å². The first kappa shape index (κ1) is 33.0. The van der Waals surface area contributed by atoms with Crippen LogP contribution in [-0.2, 0) is 5.41 Å². The van der Waals surface area contributed by atoms with Gasteiger partial charge in [0.2, 0.25) is 5.95 Å². The van der Waals surface area contributed by atoms with Gasteiger partial charge in [-0.1, -0.05) is 184 Å². The fraction of sp³-hybridized carbons (Fsp3) is 0.0577. The van der Waals surface area contributed by atoms with Crippen molar-refractivity contribution in [3.05, 3.63) is 193 Å². The minimum Gasteiger partial charge on any atom is -0.454 e. The first-order chi connectivity index (χ1) is 28.0. The lowest BCUT2D eigenvalue weighted by molar-refractivity contribution is 0.424. The fourth-order valence-electron chi connectivity index (χ4n) is 8.74. The lowest BCUT2D eigenvalue weighted by Gasteiger charge is -2.36. The van der Waals surface area contributed by atoms with E-state index >= 15 is 0 Å². The van der Waals surface area contributed by atoms with Crippen LogP contribution in [0.25, 0.3) is 83.6 Å². The summed E-state index contributed by atoms with van der Waals surface area (Å²) >= 11 is 0. The van der Waals surface area contributed by atoms with Crippen molar-refractivity contribution < 1.29 is 4.74 Å². The standard InChI is InChI=1S/C52H36N4O/c1-52(2)42-22-12-14-24-44(42)57-48-46(52)40-20-10-9-19-39(40)45-41-21-11-13-23-43(41)56(47(45)48)51-54-49(37-29-25-35(26-30-37)33-15-5-3-6-16-33)53-50(55-51)38-31-27-36(28-32-38)34-17-7-4-8-18-34/h3-32H,1-2H3. The zero-order valence-corrected chi connectivity index (χ0v) is 31.5. The summed E-state index contributed by atoms with van der Waals surface area (Å²) in [4.78, 5) is 15.8. The summed E-state index contributed by atoms with van der Waals surface area (Å²) < 4.78 is 9.27. The number of nitrogens with zero attached hydrogens (tertiary/aromatic N) is 4. The molecule has 57 heavy (non-hydrogen) atoms. The van der Waals surface area contributed by atoms with Gasteiger partial charge < -0.3 is 4.74 Å². The van der Waals surface area contributed by atoms with Gasteiger partial charge in [-0.3, -0.25) is 4.57 Å². The minimum atomic E-state index is -0.352. The number of hydrogen-bond donors (Lipinski definition) is 0. The van der Waals surface area contributed by atoms with Gasteiger partial charge in [-0.05, 0) is 45.2 Å². The van der Waals surface area contributed by atoms with Gasteiger partial charge in [-0.15, -0.1) is 0 Å². The Bertz CT molecular complexity index is 3050. The van der Waals surface area contributed by atoms with Gasteiger partial charge in [0.1, 0.15) is 11.3 Å². The van der Waals surface area contributed by atoms with Crippen LogP contribution in [0.4, 0.5) is 0 Å². The fourth-order valence-corrected chi connectivity index (χ4v) is 8.74. The van der Waals surface area contributed by atoms with E-state index in [0.717, 1.165) is 77.8 Å². The monoisotopic (exact) mass is 732 g/mol. The lowest BCUT2D eigenvalue weighted by atomic mass is 9.73. The summed E-state index contributed by atoms with van der Waals surface area (Å²) in [6.07, 6.45) is 0. The molecule has 0 saturated heterocycles. The molecule has 270 valence electrons. The molecule has 10 aromatic rings. The van der Waals surface area contributed by atoms with Crippen LogP contribution in [-0.4, -0.2) is 19.5 Å². The molecule has 0 fully saturated rings. The SMILES string of the molecule is CC1(C)c2ccccc2Oc2c1c1ccccc1c1c3ccccc3n(-c3nc(-c4ccc(-c5ccccc5)cc4)nc(-c4ccc(-c5ccccc5)cc4)n3)c21. The molecule has 5 heteroatoms. The Morgan fingerprint density at radius 3 is 1.53 bits per heavy atom. The van der Waals surface area contributed by atoms with Crippen LogP contribution in [0.15, 0.2) is 182 Å². The maximum atomic E-state index is 7.07. The van der Waals surface area contributed by atoms with Crippen molar-refractivity contribution in [3.8, 4) is 62.5 Å². The molecule has 0 bridgehead atoms. The molecule has 3 heterocycles. The van der Waals surface area contributed by atoms with Gasteiger partial charge >= 0.3 is 0 Å². The second kappa shape index (κ2) is 12.9. The summed E-state index contributed by atoms with van der Waals surface area (Å²) in [6.45, 7) is 4.60. The molecule has 0 radical (unpaired) electrons. The minimum absolute atomic E-state index is 0.352. The third-order valence-electron chi connectivity index (χ3n) is 11.5. The van der Waals surface area contributed by atoms with Crippen LogP contribution in [0.5, 0.6) is 11.5 Å². The molecular formula is C52H36N4O. The molecule has 8 aromatic carbocycles. The van der Waals surface area contributed by atoms with Crippen LogP contribution >= 0.6 is 0 Å². The number of ether oxygens (including phenoxy) is 1. The first-order valence-electron chi connectivity index (χ1n) is 19.4. The number of rotatable bonds is 5. The van der Waals surface area contributed by atoms with Gasteiger partial charge in [-0.25, -0.2) is 4.98 Å². The Morgan fingerprint density at radius 1 is 0.439 bits per heavy atom. The topological polar surface area (TPSA) is 52.8 Å². The Balaban J connectivity index is 1.20. The van der Waals surface area contributed by atoms with Crippen molar-refractivity contribution in [2.75, 3.05) is 0 Å². The molecule has 0 atom stereocenters. The molecule has 1 aliphatic rings. The Labute approximate surface area is 330 Å². The quantitative estimate of drug-likeness (QED) is 0.177. The van der Waals surface area contributed by atoms with Crippen molar-refractivity contribution in [1.29, 1.82) is 0 Å². The van der Waals surface area contributed by atoms with Gasteiger partial charge in [0.15, 0.2) is 17.4 Å². The van der Waals surface area contributed by atoms with Gasteiger partial charge in [0.25, 0.3) is 0 Å². The molecule has 0 saturated carbocycles. The zero-order valence-electron chi connectivity index (χ0n) is 31.5. The molecule has 0 aliphatic carbocycles. The molecule has 0 amide bonds. The highest BCUT2D eigenvalue weighted by atomic mass is 16.5. The molecule has 0 N–H and O–H groups in total. The van der Waals surface area contributed by atoms with Crippen LogP contribution in [0.1, 0.15) is 25.0 Å². The van der Waals surface area contributed by atoms with Crippen molar-refractivity contribution in [3.63, 3.8) is 0 Å². The molecule has 0 spiro atoms. The summed E-state index contributed by atoms with van der Waals surface area (Å²) in [7, 11) is 0. The van der Waals surface area contributed by atoms with E-state index in [9.17, 15) is 0 Å². The van der Waals surface area contributed by atoms with E-state index < -0.39 is 0 Å². The Morgan fingerprint density at radius 2 is 0.912 bits per heavy atom. The molecule has 2 aromatic heterocycles. The largest absolute Gasteiger partial charge is 0.454 e. The molecule has 11 rings (SSSR count). The van der Waals surface area contributed by atoms with Gasteiger partial charge in [-0.2, -0.15) is 9.97 Å². The van der Waals surface area contributed by atoms with Crippen LogP contribution in [0.3, 0.4) is 0 Å². The third-order valence-corrected chi connectivity index (χ3v) is 11.5. The van der Waals surface area contributed by atoms with Gasteiger partial charge in [0, 0.05) is 38.4 Å².